The lowest BCUT2D eigenvalue weighted by molar-refractivity contribution is -0.131. The first-order valence-electron chi connectivity index (χ1n) is 8.96. The van der Waals surface area contributed by atoms with Gasteiger partial charge in [-0.15, -0.1) is 0 Å². The number of fused-ring (bicyclic) bond motifs is 1. The number of amides is 1. The lowest BCUT2D eigenvalue weighted by atomic mass is 9.95. The molecule has 132 valence electrons. The number of ether oxygens (including phenoxy) is 2. The van der Waals surface area contributed by atoms with E-state index < -0.39 is 0 Å². The average molecular weight is 332 g/mol. The fourth-order valence-electron chi connectivity index (χ4n) is 3.75. The normalized spacial score (nSPS) is 18.2. The highest BCUT2D eigenvalue weighted by molar-refractivity contribution is 5.78. The van der Waals surface area contributed by atoms with Crippen molar-refractivity contribution in [1.29, 1.82) is 0 Å². The molecule has 1 aliphatic heterocycles. The summed E-state index contributed by atoms with van der Waals surface area (Å²) in [6.45, 7) is 1.88. The molecule has 5 nitrogen and oxygen atoms in total. The van der Waals surface area contributed by atoms with Gasteiger partial charge >= 0.3 is 0 Å². The quantitative estimate of drug-likeness (QED) is 0.900. The largest absolute Gasteiger partial charge is 0.493 e. The topological polar surface area (TPSA) is 50.8 Å². The van der Waals surface area contributed by atoms with Crippen LogP contribution in [0.4, 0.5) is 0 Å². The second-order valence-corrected chi connectivity index (χ2v) is 6.76. The summed E-state index contributed by atoms with van der Waals surface area (Å²) in [5.41, 5.74) is 2.40. The van der Waals surface area contributed by atoms with Gasteiger partial charge in [0.1, 0.15) is 0 Å². The van der Waals surface area contributed by atoms with Gasteiger partial charge in [0.2, 0.25) is 5.91 Å². The summed E-state index contributed by atoms with van der Waals surface area (Å²) in [7, 11) is 3.30. The van der Waals surface area contributed by atoms with Crippen molar-refractivity contribution in [3.63, 3.8) is 0 Å². The molecule has 1 fully saturated rings. The van der Waals surface area contributed by atoms with Gasteiger partial charge in [0.15, 0.2) is 11.5 Å². The molecule has 5 heteroatoms. The Labute approximate surface area is 144 Å². The van der Waals surface area contributed by atoms with Gasteiger partial charge in [-0.3, -0.25) is 4.79 Å². The smallest absolute Gasteiger partial charge is 0.236 e. The number of benzene rings is 1. The highest BCUT2D eigenvalue weighted by Gasteiger charge is 2.23. The molecule has 1 aromatic rings. The molecule has 0 aromatic heterocycles. The molecule has 0 atom stereocenters. The monoisotopic (exact) mass is 332 g/mol. The van der Waals surface area contributed by atoms with Crippen LogP contribution in [0.5, 0.6) is 11.5 Å². The van der Waals surface area contributed by atoms with Crippen LogP contribution in [0, 0.1) is 0 Å². The van der Waals surface area contributed by atoms with Crippen molar-refractivity contribution >= 4 is 5.91 Å². The van der Waals surface area contributed by atoms with Gasteiger partial charge in [0.05, 0.1) is 20.8 Å². The standard InChI is InChI=1S/C19H28N2O3/c1-23-17-10-14-8-9-21(13-15(14)11-18(17)24-2)19(22)12-20-16-6-4-3-5-7-16/h10-11,16,20H,3-9,12-13H2,1-2H3. The molecule has 24 heavy (non-hydrogen) atoms. The van der Waals surface area contributed by atoms with Crippen LogP contribution in [0.25, 0.3) is 0 Å². The van der Waals surface area contributed by atoms with Gasteiger partial charge in [-0.05, 0) is 42.5 Å². The third-order valence-corrected chi connectivity index (χ3v) is 5.22. The van der Waals surface area contributed by atoms with E-state index in [2.05, 4.69) is 5.32 Å². The third-order valence-electron chi connectivity index (χ3n) is 5.22. The Bertz CT molecular complexity index is 582. The number of hydrogen-bond donors (Lipinski definition) is 1. The van der Waals surface area contributed by atoms with Crippen LogP contribution in [-0.4, -0.2) is 44.2 Å². The zero-order valence-corrected chi connectivity index (χ0v) is 14.8. The molecule has 1 saturated carbocycles. The summed E-state index contributed by atoms with van der Waals surface area (Å²) in [6.07, 6.45) is 7.17. The minimum atomic E-state index is 0.195. The fourth-order valence-corrected chi connectivity index (χ4v) is 3.75. The van der Waals surface area contributed by atoms with Gasteiger partial charge in [-0.2, -0.15) is 0 Å². The molecule has 1 aliphatic carbocycles. The van der Waals surface area contributed by atoms with Crippen molar-refractivity contribution in [2.45, 2.75) is 51.1 Å². The maximum atomic E-state index is 12.5. The molecule has 1 heterocycles. The van der Waals surface area contributed by atoms with E-state index in [9.17, 15) is 4.79 Å². The molecule has 2 aliphatic rings. The zero-order valence-electron chi connectivity index (χ0n) is 14.8. The van der Waals surface area contributed by atoms with Crippen LogP contribution in [0.15, 0.2) is 12.1 Å². The summed E-state index contributed by atoms with van der Waals surface area (Å²) in [5, 5.41) is 3.45. The first kappa shape index (κ1) is 17.1. The van der Waals surface area contributed by atoms with Gasteiger partial charge < -0.3 is 19.7 Å². The van der Waals surface area contributed by atoms with E-state index in [4.69, 9.17) is 9.47 Å². The van der Waals surface area contributed by atoms with Crippen LogP contribution < -0.4 is 14.8 Å². The number of carbonyl (C=O) groups is 1. The van der Waals surface area contributed by atoms with Crippen molar-refractivity contribution in [2.24, 2.45) is 0 Å². The lowest BCUT2D eigenvalue weighted by Gasteiger charge is -2.31. The van der Waals surface area contributed by atoms with E-state index in [-0.39, 0.29) is 5.91 Å². The van der Waals surface area contributed by atoms with E-state index in [1.54, 1.807) is 14.2 Å². The van der Waals surface area contributed by atoms with Gasteiger partial charge in [-0.1, -0.05) is 19.3 Å². The Balaban J connectivity index is 1.60. The van der Waals surface area contributed by atoms with Gasteiger partial charge in [-0.25, -0.2) is 0 Å². The first-order chi connectivity index (χ1) is 11.7. The molecular formula is C19H28N2O3. The molecule has 0 saturated heterocycles. The van der Waals surface area contributed by atoms with E-state index in [1.807, 2.05) is 17.0 Å². The number of methoxy groups -OCH3 is 2. The van der Waals surface area contributed by atoms with Crippen molar-refractivity contribution in [1.82, 2.24) is 10.2 Å². The summed E-state index contributed by atoms with van der Waals surface area (Å²) >= 11 is 0. The van der Waals surface area contributed by atoms with Crippen molar-refractivity contribution in [3.8, 4) is 11.5 Å². The highest BCUT2D eigenvalue weighted by atomic mass is 16.5. The van der Waals surface area contributed by atoms with E-state index in [0.717, 1.165) is 30.0 Å². The Morgan fingerprint density at radius 1 is 1.12 bits per heavy atom. The number of carbonyl (C=O) groups excluding carboxylic acids is 1. The SMILES string of the molecule is COc1cc2c(cc1OC)CN(C(=O)CNC1CCCCC1)CC2. The molecule has 1 aromatic carbocycles. The Kier molecular flexibility index (Phi) is 5.61. The Hall–Kier alpha value is -1.75. The van der Waals surface area contributed by atoms with Crippen LogP contribution in [0.2, 0.25) is 0 Å². The van der Waals surface area contributed by atoms with Crippen molar-refractivity contribution in [3.05, 3.63) is 23.3 Å². The number of nitrogens with one attached hydrogen (secondary N) is 1. The maximum Gasteiger partial charge on any atom is 0.236 e. The molecular weight excluding hydrogens is 304 g/mol. The minimum Gasteiger partial charge on any atom is -0.493 e. The summed E-state index contributed by atoms with van der Waals surface area (Å²) in [4.78, 5) is 14.5. The van der Waals surface area contributed by atoms with Crippen LogP contribution in [-0.2, 0) is 17.8 Å². The second kappa shape index (κ2) is 7.88. The molecule has 3 rings (SSSR count). The number of nitrogens with zero attached hydrogens (tertiary/aromatic N) is 1. The molecule has 0 spiro atoms. The van der Waals surface area contributed by atoms with Crippen LogP contribution >= 0.6 is 0 Å². The van der Waals surface area contributed by atoms with Crippen LogP contribution in [0.1, 0.15) is 43.2 Å². The van der Waals surface area contributed by atoms with Crippen molar-refractivity contribution in [2.75, 3.05) is 27.3 Å². The molecule has 1 amide bonds. The predicted molar refractivity (Wildman–Crippen MR) is 93.5 cm³/mol. The second-order valence-electron chi connectivity index (χ2n) is 6.76. The van der Waals surface area contributed by atoms with E-state index in [1.165, 1.54) is 37.7 Å². The zero-order chi connectivity index (χ0) is 16.9. The lowest BCUT2D eigenvalue weighted by Crippen LogP contribution is -2.44. The summed E-state index contributed by atoms with van der Waals surface area (Å²) < 4.78 is 10.8. The molecule has 0 unspecified atom stereocenters. The summed E-state index contributed by atoms with van der Waals surface area (Å²) in [5.74, 6) is 1.68. The van der Waals surface area contributed by atoms with Crippen molar-refractivity contribution < 1.29 is 14.3 Å². The predicted octanol–water partition coefficient (Wildman–Crippen LogP) is 2.51. The fraction of sp³-hybridized carbons (Fsp3) is 0.632. The third kappa shape index (κ3) is 3.83. The summed E-state index contributed by atoms with van der Waals surface area (Å²) in [6, 6.07) is 4.56. The first-order valence-corrected chi connectivity index (χ1v) is 8.96. The van der Waals surface area contributed by atoms with Gasteiger partial charge in [0.25, 0.3) is 0 Å². The van der Waals surface area contributed by atoms with Gasteiger partial charge in [0, 0.05) is 19.1 Å². The molecule has 1 N–H and O–H groups in total. The number of rotatable bonds is 5. The molecule has 0 radical (unpaired) electrons. The number of hydrogen-bond acceptors (Lipinski definition) is 4. The Morgan fingerprint density at radius 2 is 1.79 bits per heavy atom. The highest BCUT2D eigenvalue weighted by Crippen LogP contribution is 2.33. The van der Waals surface area contributed by atoms with E-state index in [0.29, 0.717) is 19.1 Å². The average Bonchev–Trinajstić information content (AvgIpc) is 2.65. The molecule has 0 bridgehead atoms. The van der Waals surface area contributed by atoms with Crippen LogP contribution in [0.3, 0.4) is 0 Å². The maximum absolute atomic E-state index is 12.5. The van der Waals surface area contributed by atoms with E-state index >= 15 is 0 Å². The minimum absolute atomic E-state index is 0.195. The Morgan fingerprint density at radius 3 is 2.46 bits per heavy atom.